The Morgan fingerprint density at radius 3 is 2.56 bits per heavy atom. The summed E-state index contributed by atoms with van der Waals surface area (Å²) in [7, 11) is 0. The third kappa shape index (κ3) is 3.84. The predicted octanol–water partition coefficient (Wildman–Crippen LogP) is 2.98. The van der Waals surface area contributed by atoms with Crippen LogP contribution in [0.2, 0.25) is 0 Å². The first-order chi connectivity index (χ1) is 12.7. The zero-order chi connectivity index (χ0) is 19.8. The minimum atomic E-state index is -0.802. The highest BCUT2D eigenvalue weighted by Gasteiger charge is 2.52. The van der Waals surface area contributed by atoms with Gasteiger partial charge in [0.25, 0.3) is 5.91 Å². The van der Waals surface area contributed by atoms with Crippen molar-refractivity contribution in [3.05, 3.63) is 34.9 Å². The molecule has 6 nitrogen and oxygen atoms in total. The summed E-state index contributed by atoms with van der Waals surface area (Å²) >= 11 is 0. The molecule has 1 atom stereocenters. The van der Waals surface area contributed by atoms with E-state index >= 15 is 0 Å². The largest absolute Gasteiger partial charge is 0.348 e. The number of urea groups is 1. The summed E-state index contributed by atoms with van der Waals surface area (Å²) in [5, 5.41) is 5.75. The van der Waals surface area contributed by atoms with Crippen molar-refractivity contribution in [2.45, 2.75) is 65.0 Å². The van der Waals surface area contributed by atoms with Crippen LogP contribution in [0.15, 0.2) is 18.2 Å². The van der Waals surface area contributed by atoms with Crippen LogP contribution in [0.3, 0.4) is 0 Å². The van der Waals surface area contributed by atoms with Crippen molar-refractivity contribution in [1.82, 2.24) is 15.5 Å². The molecule has 0 bridgehead atoms. The normalized spacial score (nSPS) is 26.2. The molecule has 2 aliphatic rings. The molecule has 1 heterocycles. The topological polar surface area (TPSA) is 78.5 Å². The van der Waals surface area contributed by atoms with Gasteiger partial charge in [0, 0.05) is 0 Å². The average Bonchev–Trinajstić information content (AvgIpc) is 2.84. The molecule has 1 aromatic rings. The number of hydrogen-bond acceptors (Lipinski definition) is 3. The number of carbonyl (C=O) groups excluding carboxylic acids is 3. The smallest absolute Gasteiger partial charge is 0.325 e. The number of nitrogens with one attached hydrogen (secondary N) is 2. The zero-order valence-corrected chi connectivity index (χ0v) is 16.6. The number of amides is 4. The van der Waals surface area contributed by atoms with Crippen LogP contribution < -0.4 is 10.6 Å². The Labute approximate surface area is 160 Å². The molecular weight excluding hydrogens is 342 g/mol. The van der Waals surface area contributed by atoms with Gasteiger partial charge in [0.2, 0.25) is 5.91 Å². The quantitative estimate of drug-likeness (QED) is 0.799. The summed E-state index contributed by atoms with van der Waals surface area (Å²) in [5.41, 5.74) is 2.56. The molecule has 1 aromatic carbocycles. The standard InChI is InChI=1S/C21H29N3O3/c1-13-7-9-21(10-8-13)19(26)24(20(27)23-21)12-18(25)22-16(4)17-6-5-14(2)15(3)11-17/h5-6,11,13,16H,7-10,12H2,1-4H3,(H,22,25)(H,23,27)/t13?,16-,21?/m1/s1. The molecule has 6 heteroatoms. The summed E-state index contributed by atoms with van der Waals surface area (Å²) in [6.07, 6.45) is 3.12. The fourth-order valence-electron chi connectivity index (χ4n) is 3.96. The van der Waals surface area contributed by atoms with Gasteiger partial charge in [-0.15, -0.1) is 0 Å². The highest BCUT2D eigenvalue weighted by molar-refractivity contribution is 6.09. The first kappa shape index (κ1) is 19.4. The van der Waals surface area contributed by atoms with E-state index < -0.39 is 11.6 Å². The van der Waals surface area contributed by atoms with Crippen molar-refractivity contribution in [3.63, 3.8) is 0 Å². The van der Waals surface area contributed by atoms with Crippen molar-refractivity contribution in [1.29, 1.82) is 0 Å². The Balaban J connectivity index is 1.62. The number of carbonyl (C=O) groups is 3. The summed E-state index contributed by atoms with van der Waals surface area (Å²) < 4.78 is 0. The maximum Gasteiger partial charge on any atom is 0.325 e. The van der Waals surface area contributed by atoms with Crippen LogP contribution in [-0.2, 0) is 9.59 Å². The molecule has 1 saturated heterocycles. The van der Waals surface area contributed by atoms with E-state index in [4.69, 9.17) is 0 Å². The van der Waals surface area contributed by atoms with Gasteiger partial charge in [0.05, 0.1) is 6.04 Å². The number of aryl methyl sites for hydroxylation is 2. The van der Waals surface area contributed by atoms with Crippen LogP contribution in [0.4, 0.5) is 4.79 Å². The average molecular weight is 371 g/mol. The van der Waals surface area contributed by atoms with Crippen LogP contribution >= 0.6 is 0 Å². The van der Waals surface area contributed by atoms with Gasteiger partial charge < -0.3 is 10.6 Å². The molecule has 3 rings (SSSR count). The van der Waals surface area contributed by atoms with Gasteiger partial charge in [0.1, 0.15) is 12.1 Å². The molecule has 146 valence electrons. The lowest BCUT2D eigenvalue weighted by Crippen LogP contribution is -2.50. The fraction of sp³-hybridized carbons (Fsp3) is 0.571. The van der Waals surface area contributed by atoms with Crippen LogP contribution in [0.5, 0.6) is 0 Å². The second kappa shape index (κ2) is 7.33. The summed E-state index contributed by atoms with van der Waals surface area (Å²) in [6, 6.07) is 5.41. The van der Waals surface area contributed by atoms with Gasteiger partial charge in [-0.05, 0) is 69.1 Å². The fourth-order valence-corrected chi connectivity index (χ4v) is 3.96. The van der Waals surface area contributed by atoms with Gasteiger partial charge in [-0.3, -0.25) is 14.5 Å². The Hall–Kier alpha value is -2.37. The molecule has 27 heavy (non-hydrogen) atoms. The molecule has 1 aliphatic carbocycles. The first-order valence-corrected chi connectivity index (χ1v) is 9.72. The van der Waals surface area contributed by atoms with Crippen molar-refractivity contribution in [2.75, 3.05) is 6.54 Å². The van der Waals surface area contributed by atoms with E-state index in [-0.39, 0.29) is 24.4 Å². The van der Waals surface area contributed by atoms with Crippen molar-refractivity contribution in [3.8, 4) is 0 Å². The molecule has 0 aromatic heterocycles. The zero-order valence-electron chi connectivity index (χ0n) is 16.6. The Morgan fingerprint density at radius 2 is 1.93 bits per heavy atom. The van der Waals surface area contributed by atoms with Crippen molar-refractivity contribution >= 4 is 17.8 Å². The molecular formula is C21H29N3O3. The van der Waals surface area contributed by atoms with Crippen LogP contribution in [0.1, 0.15) is 62.3 Å². The number of rotatable bonds is 4. The Kier molecular flexibility index (Phi) is 5.27. The number of nitrogens with zero attached hydrogens (tertiary/aromatic N) is 1. The number of benzene rings is 1. The lowest BCUT2D eigenvalue weighted by atomic mass is 9.77. The van der Waals surface area contributed by atoms with Crippen LogP contribution in [0.25, 0.3) is 0 Å². The van der Waals surface area contributed by atoms with Gasteiger partial charge >= 0.3 is 6.03 Å². The van der Waals surface area contributed by atoms with E-state index in [0.717, 1.165) is 28.9 Å². The molecule has 4 amide bonds. The second-order valence-electron chi connectivity index (χ2n) is 8.22. The molecule has 2 fully saturated rings. The van der Waals surface area contributed by atoms with E-state index in [9.17, 15) is 14.4 Å². The van der Waals surface area contributed by atoms with Crippen molar-refractivity contribution in [2.24, 2.45) is 5.92 Å². The van der Waals surface area contributed by atoms with E-state index in [1.807, 2.05) is 39.0 Å². The summed E-state index contributed by atoms with van der Waals surface area (Å²) in [6.45, 7) is 7.90. The highest BCUT2D eigenvalue weighted by Crippen LogP contribution is 2.36. The minimum Gasteiger partial charge on any atom is -0.348 e. The lowest BCUT2D eigenvalue weighted by molar-refractivity contribution is -0.136. The predicted molar refractivity (Wildman–Crippen MR) is 103 cm³/mol. The van der Waals surface area contributed by atoms with Gasteiger partial charge in [-0.2, -0.15) is 0 Å². The summed E-state index contributed by atoms with van der Waals surface area (Å²) in [4.78, 5) is 38.7. The van der Waals surface area contributed by atoms with E-state index in [1.165, 1.54) is 5.56 Å². The van der Waals surface area contributed by atoms with E-state index in [1.54, 1.807) is 0 Å². The van der Waals surface area contributed by atoms with E-state index in [2.05, 4.69) is 17.6 Å². The molecule has 1 spiro atoms. The van der Waals surface area contributed by atoms with Gasteiger partial charge in [0.15, 0.2) is 0 Å². The summed E-state index contributed by atoms with van der Waals surface area (Å²) in [5.74, 6) is -0.0182. The molecule has 1 saturated carbocycles. The number of hydrogen-bond donors (Lipinski definition) is 2. The minimum absolute atomic E-state index is 0.193. The SMILES string of the molecule is Cc1ccc([C@@H](C)NC(=O)CN2C(=O)NC3(CCC(C)CC3)C2=O)cc1C. The first-order valence-electron chi connectivity index (χ1n) is 9.72. The molecule has 1 aliphatic heterocycles. The third-order valence-electron chi connectivity index (χ3n) is 6.08. The third-order valence-corrected chi connectivity index (χ3v) is 6.08. The monoisotopic (exact) mass is 371 g/mol. The van der Waals surface area contributed by atoms with Gasteiger partial charge in [-0.1, -0.05) is 25.1 Å². The lowest BCUT2D eigenvalue weighted by Gasteiger charge is -2.33. The van der Waals surface area contributed by atoms with E-state index in [0.29, 0.717) is 18.8 Å². The second-order valence-corrected chi connectivity index (χ2v) is 8.22. The molecule has 0 radical (unpaired) electrons. The van der Waals surface area contributed by atoms with Crippen LogP contribution in [-0.4, -0.2) is 34.8 Å². The number of imide groups is 1. The van der Waals surface area contributed by atoms with Crippen LogP contribution in [0, 0.1) is 19.8 Å². The van der Waals surface area contributed by atoms with Gasteiger partial charge in [-0.25, -0.2) is 4.79 Å². The Bertz CT molecular complexity index is 766. The van der Waals surface area contributed by atoms with Crippen molar-refractivity contribution < 1.29 is 14.4 Å². The maximum atomic E-state index is 12.8. The molecule has 2 N–H and O–H groups in total. The maximum absolute atomic E-state index is 12.8. The molecule has 0 unspecified atom stereocenters. The Morgan fingerprint density at radius 1 is 1.26 bits per heavy atom. The highest BCUT2D eigenvalue weighted by atomic mass is 16.2.